The molecule has 3 aromatic rings. The Bertz CT molecular complexity index is 993. The Morgan fingerprint density at radius 3 is 2.67 bits per heavy atom. The molecule has 126 valence electrons. The van der Waals surface area contributed by atoms with Gasteiger partial charge in [-0.2, -0.15) is 0 Å². The molecule has 0 saturated carbocycles. The molecular weight excluding hydrogens is 328 g/mol. The van der Waals surface area contributed by atoms with Crippen LogP contribution in [0.4, 0.5) is 0 Å². The molecule has 0 radical (unpaired) electrons. The smallest absolute Gasteiger partial charge is 0.240 e. The van der Waals surface area contributed by atoms with E-state index >= 15 is 0 Å². The summed E-state index contributed by atoms with van der Waals surface area (Å²) in [5.41, 5.74) is 2.96. The number of hydrogen-bond acceptors (Lipinski definition) is 5. The number of benzene rings is 2. The summed E-state index contributed by atoms with van der Waals surface area (Å²) >= 11 is 0. The van der Waals surface area contributed by atoms with Crippen LogP contribution in [-0.2, 0) is 16.6 Å². The number of methoxy groups -OCH3 is 1. The number of nitrogens with zero attached hydrogens (tertiary/aromatic N) is 1. The highest BCUT2D eigenvalue weighted by Gasteiger charge is 2.15. The molecule has 0 bridgehead atoms. The summed E-state index contributed by atoms with van der Waals surface area (Å²) in [6.07, 6.45) is 0. The lowest BCUT2D eigenvalue weighted by molar-refractivity contribution is 0.411. The highest BCUT2D eigenvalue weighted by molar-refractivity contribution is 7.89. The number of nitrogens with one attached hydrogen (secondary N) is 1. The van der Waals surface area contributed by atoms with E-state index in [-0.39, 0.29) is 11.4 Å². The van der Waals surface area contributed by atoms with Crippen molar-refractivity contribution in [2.24, 2.45) is 0 Å². The zero-order valence-electron chi connectivity index (χ0n) is 13.7. The first-order valence-corrected chi connectivity index (χ1v) is 8.88. The van der Waals surface area contributed by atoms with Crippen molar-refractivity contribution in [3.8, 4) is 5.75 Å². The van der Waals surface area contributed by atoms with Gasteiger partial charge >= 0.3 is 0 Å². The van der Waals surface area contributed by atoms with Crippen molar-refractivity contribution in [1.29, 1.82) is 0 Å². The molecule has 7 heteroatoms. The monoisotopic (exact) mass is 346 g/mol. The third-order valence-corrected chi connectivity index (χ3v) is 5.10. The molecule has 0 spiro atoms. The zero-order valence-corrected chi connectivity index (χ0v) is 14.5. The first-order chi connectivity index (χ1) is 11.4. The van der Waals surface area contributed by atoms with Crippen molar-refractivity contribution < 1.29 is 17.6 Å². The number of aryl methyl sites for hydroxylation is 2. The third kappa shape index (κ3) is 3.27. The molecule has 0 amide bonds. The molecule has 1 aromatic heterocycles. The van der Waals surface area contributed by atoms with Crippen LogP contribution in [-0.4, -0.2) is 20.5 Å². The number of oxazole rings is 1. The van der Waals surface area contributed by atoms with E-state index in [0.717, 1.165) is 16.6 Å². The fourth-order valence-corrected chi connectivity index (χ4v) is 3.58. The Kier molecular flexibility index (Phi) is 4.29. The van der Waals surface area contributed by atoms with E-state index < -0.39 is 10.0 Å². The molecule has 0 saturated heterocycles. The van der Waals surface area contributed by atoms with E-state index in [1.54, 1.807) is 39.2 Å². The Labute approximate surface area is 140 Å². The lowest BCUT2D eigenvalue weighted by Crippen LogP contribution is -2.23. The molecule has 6 nitrogen and oxygen atoms in total. The van der Waals surface area contributed by atoms with Crippen molar-refractivity contribution >= 4 is 21.1 Å². The van der Waals surface area contributed by atoms with Gasteiger partial charge in [0.1, 0.15) is 11.3 Å². The molecule has 0 aliphatic rings. The van der Waals surface area contributed by atoms with Gasteiger partial charge in [0.15, 0.2) is 11.5 Å². The maximum Gasteiger partial charge on any atom is 0.240 e. The Morgan fingerprint density at radius 1 is 1.17 bits per heavy atom. The molecule has 2 aromatic carbocycles. The largest absolute Gasteiger partial charge is 0.496 e. The normalized spacial score (nSPS) is 11.8. The number of aromatic nitrogens is 1. The molecule has 0 atom stereocenters. The molecule has 0 fully saturated rings. The van der Waals surface area contributed by atoms with Crippen LogP contribution in [0, 0.1) is 13.8 Å². The van der Waals surface area contributed by atoms with Crippen LogP contribution in [0.25, 0.3) is 11.1 Å². The average Bonchev–Trinajstić information content (AvgIpc) is 2.92. The lowest BCUT2D eigenvalue weighted by atomic mass is 10.2. The summed E-state index contributed by atoms with van der Waals surface area (Å²) in [5, 5.41) is 0. The van der Waals surface area contributed by atoms with Crippen molar-refractivity contribution in [3.63, 3.8) is 0 Å². The number of sulfonamides is 1. The summed E-state index contributed by atoms with van der Waals surface area (Å²) < 4.78 is 38.1. The van der Waals surface area contributed by atoms with Gasteiger partial charge < -0.3 is 9.15 Å². The number of hydrogen-bond donors (Lipinski definition) is 1. The second kappa shape index (κ2) is 6.26. The quantitative estimate of drug-likeness (QED) is 0.768. The molecule has 0 unspecified atom stereocenters. The van der Waals surface area contributed by atoms with Crippen LogP contribution in [0.15, 0.2) is 45.7 Å². The van der Waals surface area contributed by atoms with Crippen molar-refractivity contribution in [2.45, 2.75) is 25.3 Å². The van der Waals surface area contributed by atoms with Gasteiger partial charge in [0, 0.05) is 13.5 Å². The molecular formula is C17H18N2O4S. The maximum absolute atomic E-state index is 12.4. The van der Waals surface area contributed by atoms with Gasteiger partial charge in [0.25, 0.3) is 0 Å². The summed E-state index contributed by atoms with van der Waals surface area (Å²) in [4.78, 5) is 4.43. The number of fused-ring (bicyclic) bond motifs is 1. The third-order valence-electron chi connectivity index (χ3n) is 3.70. The zero-order chi connectivity index (χ0) is 17.3. The maximum atomic E-state index is 12.4. The fourth-order valence-electron chi connectivity index (χ4n) is 2.47. The van der Waals surface area contributed by atoms with Gasteiger partial charge in [-0.05, 0) is 48.4 Å². The second-order valence-corrected chi connectivity index (χ2v) is 7.26. The van der Waals surface area contributed by atoms with Crippen LogP contribution >= 0.6 is 0 Å². The fraction of sp³-hybridized carbons (Fsp3) is 0.235. The van der Waals surface area contributed by atoms with Crippen LogP contribution in [0.5, 0.6) is 5.75 Å². The lowest BCUT2D eigenvalue weighted by Gasteiger charge is -2.09. The Hall–Kier alpha value is -2.38. The van der Waals surface area contributed by atoms with Crippen molar-refractivity contribution in [3.05, 3.63) is 53.4 Å². The molecule has 0 aliphatic heterocycles. The van der Waals surface area contributed by atoms with E-state index in [9.17, 15) is 8.42 Å². The van der Waals surface area contributed by atoms with Crippen molar-refractivity contribution in [2.75, 3.05) is 7.11 Å². The van der Waals surface area contributed by atoms with Gasteiger partial charge in [-0.15, -0.1) is 0 Å². The van der Waals surface area contributed by atoms with Crippen molar-refractivity contribution in [1.82, 2.24) is 9.71 Å². The topological polar surface area (TPSA) is 81.4 Å². The van der Waals surface area contributed by atoms with Crippen LogP contribution in [0.3, 0.4) is 0 Å². The highest BCUT2D eigenvalue weighted by Crippen LogP contribution is 2.22. The van der Waals surface area contributed by atoms with Gasteiger partial charge in [-0.3, -0.25) is 0 Å². The summed E-state index contributed by atoms with van der Waals surface area (Å²) in [7, 11) is -2.05. The van der Waals surface area contributed by atoms with E-state index in [2.05, 4.69) is 9.71 Å². The molecule has 1 heterocycles. The summed E-state index contributed by atoms with van der Waals surface area (Å²) in [6.45, 7) is 3.75. The average molecular weight is 346 g/mol. The van der Waals surface area contributed by atoms with Gasteiger partial charge in [-0.25, -0.2) is 18.1 Å². The molecule has 1 N–H and O–H groups in total. The predicted octanol–water partition coefficient (Wildman–Crippen LogP) is 2.93. The second-order valence-electron chi connectivity index (χ2n) is 5.49. The standard InChI is InChI=1S/C17H18N2O4S/c1-11-8-14(5-7-16(11)22-3)24(20,21)18-10-13-4-6-15-17(9-13)23-12(2)19-15/h4-9,18H,10H2,1-3H3. The SMILES string of the molecule is COc1ccc(S(=O)(=O)NCc2ccc3nc(C)oc3c2)cc1C. The van der Waals surface area contributed by atoms with Gasteiger partial charge in [0.05, 0.1) is 12.0 Å². The van der Waals surface area contributed by atoms with E-state index in [1.165, 1.54) is 6.07 Å². The van der Waals surface area contributed by atoms with E-state index in [4.69, 9.17) is 9.15 Å². The van der Waals surface area contributed by atoms with Crippen LogP contribution < -0.4 is 9.46 Å². The van der Waals surface area contributed by atoms with Gasteiger partial charge in [-0.1, -0.05) is 6.07 Å². The van der Waals surface area contributed by atoms with Gasteiger partial charge in [0.2, 0.25) is 10.0 Å². The predicted molar refractivity (Wildman–Crippen MR) is 90.5 cm³/mol. The van der Waals surface area contributed by atoms with E-state index in [0.29, 0.717) is 17.2 Å². The Morgan fingerprint density at radius 2 is 1.96 bits per heavy atom. The molecule has 3 rings (SSSR count). The van der Waals surface area contributed by atoms with E-state index in [1.807, 2.05) is 12.1 Å². The van der Waals surface area contributed by atoms with Crippen LogP contribution in [0.1, 0.15) is 17.0 Å². The summed E-state index contributed by atoms with van der Waals surface area (Å²) in [6, 6.07) is 10.2. The minimum atomic E-state index is -3.61. The first-order valence-electron chi connectivity index (χ1n) is 7.39. The molecule has 24 heavy (non-hydrogen) atoms. The first kappa shape index (κ1) is 16.5. The van der Waals surface area contributed by atoms with Crippen LogP contribution in [0.2, 0.25) is 0 Å². The molecule has 0 aliphatic carbocycles. The minimum Gasteiger partial charge on any atom is -0.496 e. The summed E-state index contributed by atoms with van der Waals surface area (Å²) in [5.74, 6) is 1.23. The minimum absolute atomic E-state index is 0.170. The number of rotatable bonds is 5. The Balaban J connectivity index is 1.79. The number of ether oxygens (including phenoxy) is 1. The highest BCUT2D eigenvalue weighted by atomic mass is 32.2.